The highest BCUT2D eigenvalue weighted by atomic mass is 127. The summed E-state index contributed by atoms with van der Waals surface area (Å²) in [4.78, 5) is 0. The van der Waals surface area contributed by atoms with Crippen molar-refractivity contribution in [2.24, 2.45) is 0 Å². The van der Waals surface area contributed by atoms with Gasteiger partial charge in [-0.2, -0.15) is 5.10 Å². The molecule has 1 heterocycles. The van der Waals surface area contributed by atoms with Crippen molar-refractivity contribution in [3.05, 3.63) is 56.1 Å². The molecular weight excluding hydrogens is 441 g/mol. The first-order valence-corrected chi connectivity index (χ1v) is 8.30. The lowest BCUT2D eigenvalue weighted by molar-refractivity contribution is 1.10. The predicted octanol–water partition coefficient (Wildman–Crippen LogP) is 5.00. The molecule has 0 bridgehead atoms. The van der Waals surface area contributed by atoms with Crippen LogP contribution in [0.15, 0.2) is 46.9 Å². The van der Waals surface area contributed by atoms with Gasteiger partial charge in [-0.15, -0.1) is 0 Å². The molecule has 0 aliphatic carbocycles. The van der Waals surface area contributed by atoms with E-state index < -0.39 is 0 Å². The number of rotatable bonds is 2. The zero-order valence-corrected chi connectivity index (χ0v) is 15.1. The van der Waals surface area contributed by atoms with Gasteiger partial charge < -0.3 is 5.73 Å². The fourth-order valence-electron chi connectivity index (χ4n) is 2.33. The van der Waals surface area contributed by atoms with Gasteiger partial charge in [0.05, 0.1) is 11.3 Å². The minimum atomic E-state index is 0.515. The molecule has 1 aromatic heterocycles. The van der Waals surface area contributed by atoms with E-state index in [9.17, 15) is 0 Å². The van der Waals surface area contributed by atoms with Gasteiger partial charge in [0, 0.05) is 13.6 Å². The van der Waals surface area contributed by atoms with Crippen LogP contribution in [-0.2, 0) is 0 Å². The number of aromatic nitrogens is 2. The summed E-state index contributed by atoms with van der Waals surface area (Å²) >= 11 is 5.91. The van der Waals surface area contributed by atoms with E-state index in [2.05, 4.69) is 86.0 Å². The normalized spacial score (nSPS) is 10.8. The van der Waals surface area contributed by atoms with Crippen molar-refractivity contribution in [1.82, 2.24) is 10.2 Å². The quantitative estimate of drug-likeness (QED) is 0.536. The van der Waals surface area contributed by atoms with Crippen LogP contribution in [0.1, 0.15) is 5.56 Å². The van der Waals surface area contributed by atoms with Gasteiger partial charge in [0.25, 0.3) is 0 Å². The Morgan fingerprint density at radius 2 is 2.00 bits per heavy atom. The fraction of sp³-hybridized carbons (Fsp3) is 0.0625. The van der Waals surface area contributed by atoms with E-state index >= 15 is 0 Å². The highest BCUT2D eigenvalue weighted by Gasteiger charge is 2.17. The molecule has 0 radical (unpaired) electrons. The maximum Gasteiger partial charge on any atom is 0.153 e. The third kappa shape index (κ3) is 2.85. The Bertz CT molecular complexity index is 811. The lowest BCUT2D eigenvalue weighted by Gasteiger charge is -2.08. The molecule has 5 heteroatoms. The number of nitrogens with one attached hydrogen (secondary N) is 1. The van der Waals surface area contributed by atoms with E-state index in [-0.39, 0.29) is 0 Å². The average molecular weight is 454 g/mol. The fourth-order valence-corrected chi connectivity index (χ4v) is 3.27. The number of hydrogen-bond donors (Lipinski definition) is 2. The number of anilines is 1. The number of H-pyrrole nitrogens is 1. The molecule has 3 nitrogen and oxygen atoms in total. The summed E-state index contributed by atoms with van der Waals surface area (Å²) in [6, 6.07) is 14.5. The number of halogens is 2. The molecule has 0 atom stereocenters. The van der Waals surface area contributed by atoms with Crippen LogP contribution in [0.3, 0.4) is 0 Å². The molecule has 0 aliphatic heterocycles. The summed E-state index contributed by atoms with van der Waals surface area (Å²) in [6.45, 7) is 2.07. The van der Waals surface area contributed by atoms with E-state index in [1.807, 2.05) is 12.1 Å². The Labute approximate surface area is 145 Å². The monoisotopic (exact) mass is 453 g/mol. The zero-order chi connectivity index (χ0) is 15.0. The number of nitrogens with zero attached hydrogens (tertiary/aromatic N) is 1. The van der Waals surface area contributed by atoms with E-state index in [1.165, 1.54) is 5.56 Å². The second kappa shape index (κ2) is 5.81. The molecular formula is C16H13BrIN3. The van der Waals surface area contributed by atoms with Crippen molar-refractivity contribution >= 4 is 44.3 Å². The van der Waals surface area contributed by atoms with Crippen molar-refractivity contribution in [1.29, 1.82) is 0 Å². The first-order chi connectivity index (χ1) is 10.1. The van der Waals surface area contributed by atoms with Crippen LogP contribution in [0, 0.1) is 10.5 Å². The minimum absolute atomic E-state index is 0.515. The van der Waals surface area contributed by atoms with Gasteiger partial charge in [-0.3, -0.25) is 5.10 Å². The molecule has 0 unspecified atom stereocenters. The van der Waals surface area contributed by atoms with E-state index in [1.54, 1.807) is 0 Å². The Kier molecular flexibility index (Phi) is 4.03. The summed E-state index contributed by atoms with van der Waals surface area (Å²) in [6.07, 6.45) is 0. The largest absolute Gasteiger partial charge is 0.382 e. The number of benzene rings is 2. The van der Waals surface area contributed by atoms with Gasteiger partial charge in [0.15, 0.2) is 5.82 Å². The summed E-state index contributed by atoms with van der Waals surface area (Å²) in [5.41, 5.74) is 11.3. The van der Waals surface area contributed by atoms with Gasteiger partial charge in [-0.05, 0) is 53.3 Å². The number of nitrogen functional groups attached to an aromatic ring is 1. The molecule has 0 saturated carbocycles. The van der Waals surface area contributed by atoms with Crippen molar-refractivity contribution in [3.8, 4) is 22.4 Å². The van der Waals surface area contributed by atoms with Crippen molar-refractivity contribution in [3.63, 3.8) is 0 Å². The first kappa shape index (κ1) is 14.6. The second-order valence-corrected chi connectivity index (χ2v) is 6.95. The molecule has 106 valence electrons. The van der Waals surface area contributed by atoms with E-state index in [0.717, 1.165) is 30.4 Å². The second-order valence-electron chi connectivity index (χ2n) is 4.85. The van der Waals surface area contributed by atoms with Crippen LogP contribution >= 0.6 is 38.5 Å². The smallest absolute Gasteiger partial charge is 0.153 e. The Morgan fingerprint density at radius 3 is 2.76 bits per heavy atom. The number of aromatic amines is 1. The van der Waals surface area contributed by atoms with Gasteiger partial charge in [-0.1, -0.05) is 45.8 Å². The SMILES string of the molecule is Cc1cccc(-c2c(N)n[nH]c2-c2cc(I)ccc2Br)c1. The Morgan fingerprint density at radius 1 is 1.19 bits per heavy atom. The van der Waals surface area contributed by atoms with Gasteiger partial charge in [-0.25, -0.2) is 0 Å². The topological polar surface area (TPSA) is 54.7 Å². The van der Waals surface area contributed by atoms with Crippen LogP contribution in [0.5, 0.6) is 0 Å². The van der Waals surface area contributed by atoms with Crippen LogP contribution in [-0.4, -0.2) is 10.2 Å². The molecule has 0 fully saturated rings. The highest BCUT2D eigenvalue weighted by Crippen LogP contribution is 2.38. The molecule has 0 spiro atoms. The summed E-state index contributed by atoms with van der Waals surface area (Å²) in [5, 5.41) is 7.27. The Balaban J connectivity index is 2.24. The van der Waals surface area contributed by atoms with Crippen molar-refractivity contribution in [2.75, 3.05) is 5.73 Å². The lowest BCUT2D eigenvalue weighted by Crippen LogP contribution is -1.90. The maximum atomic E-state index is 6.09. The summed E-state index contributed by atoms with van der Waals surface area (Å²) < 4.78 is 2.18. The maximum absolute atomic E-state index is 6.09. The van der Waals surface area contributed by atoms with Crippen LogP contribution < -0.4 is 5.73 Å². The van der Waals surface area contributed by atoms with E-state index in [4.69, 9.17) is 5.73 Å². The summed E-state index contributed by atoms with van der Waals surface area (Å²) in [5.74, 6) is 0.515. The van der Waals surface area contributed by atoms with Gasteiger partial charge >= 0.3 is 0 Å². The number of nitrogens with two attached hydrogens (primary N) is 1. The highest BCUT2D eigenvalue weighted by molar-refractivity contribution is 14.1. The van der Waals surface area contributed by atoms with Crippen LogP contribution in [0.25, 0.3) is 22.4 Å². The van der Waals surface area contributed by atoms with Gasteiger partial charge in [0.1, 0.15) is 0 Å². The van der Waals surface area contributed by atoms with Crippen LogP contribution in [0.2, 0.25) is 0 Å². The minimum Gasteiger partial charge on any atom is -0.382 e. The zero-order valence-electron chi connectivity index (χ0n) is 11.3. The Hall–Kier alpha value is -1.34. The number of hydrogen-bond acceptors (Lipinski definition) is 2. The first-order valence-electron chi connectivity index (χ1n) is 6.42. The lowest BCUT2D eigenvalue weighted by atomic mass is 9.99. The van der Waals surface area contributed by atoms with Gasteiger partial charge in [0.2, 0.25) is 0 Å². The van der Waals surface area contributed by atoms with Crippen molar-refractivity contribution < 1.29 is 0 Å². The molecule has 0 amide bonds. The van der Waals surface area contributed by atoms with Crippen LogP contribution in [0.4, 0.5) is 5.82 Å². The molecule has 0 aliphatic rings. The predicted molar refractivity (Wildman–Crippen MR) is 99.0 cm³/mol. The standard InChI is InChI=1S/C16H13BrIN3/c1-9-3-2-4-10(7-9)14-15(20-21-16(14)19)12-8-11(18)5-6-13(12)17/h2-8H,1H3,(H3,19,20,21). The van der Waals surface area contributed by atoms with Crippen molar-refractivity contribution in [2.45, 2.75) is 6.92 Å². The van der Waals surface area contributed by atoms with E-state index in [0.29, 0.717) is 5.82 Å². The summed E-state index contributed by atoms with van der Waals surface area (Å²) in [7, 11) is 0. The molecule has 3 N–H and O–H groups in total. The third-order valence-electron chi connectivity index (χ3n) is 3.30. The third-order valence-corrected chi connectivity index (χ3v) is 4.66. The molecule has 0 saturated heterocycles. The molecule has 3 rings (SSSR count). The average Bonchev–Trinajstić information content (AvgIpc) is 2.83. The molecule has 2 aromatic carbocycles. The number of aryl methyl sites for hydroxylation is 1. The molecule has 3 aromatic rings. The molecule has 21 heavy (non-hydrogen) atoms.